The molecule has 1 amide bonds. The van der Waals surface area contributed by atoms with Gasteiger partial charge in [-0.1, -0.05) is 43.7 Å². The van der Waals surface area contributed by atoms with Crippen LogP contribution in [0.25, 0.3) is 22.3 Å². The second-order valence-electron chi connectivity index (χ2n) is 6.90. The van der Waals surface area contributed by atoms with Crippen LogP contribution in [0.1, 0.15) is 42.2 Å². The summed E-state index contributed by atoms with van der Waals surface area (Å²) in [6, 6.07) is 11.7. The molecular weight excluding hydrogens is 352 g/mol. The van der Waals surface area contributed by atoms with Gasteiger partial charge in [0.15, 0.2) is 5.65 Å². The number of pyridine rings is 1. The van der Waals surface area contributed by atoms with E-state index in [0.717, 1.165) is 48.2 Å². The van der Waals surface area contributed by atoms with Crippen molar-refractivity contribution in [1.82, 2.24) is 20.1 Å². The Bertz CT molecular complexity index is 935. The van der Waals surface area contributed by atoms with E-state index in [9.17, 15) is 4.79 Å². The number of aryl methyl sites for hydroxylation is 2. The highest BCUT2D eigenvalue weighted by atomic mass is 16.5. The molecule has 0 aliphatic rings. The number of unbranched alkanes of at least 4 members (excludes halogenated alkanes) is 1. The molecule has 3 rings (SSSR count). The molecular formula is C22H28N4O2. The Labute approximate surface area is 165 Å². The third-order valence-electron chi connectivity index (χ3n) is 4.68. The van der Waals surface area contributed by atoms with Crippen molar-refractivity contribution in [2.24, 2.45) is 7.05 Å². The fraction of sp³-hybridized carbons (Fsp3) is 0.409. The third kappa shape index (κ3) is 4.57. The van der Waals surface area contributed by atoms with Crippen molar-refractivity contribution >= 4 is 16.9 Å². The lowest BCUT2D eigenvalue weighted by molar-refractivity contribution is 0.0942. The van der Waals surface area contributed by atoms with Gasteiger partial charge >= 0.3 is 0 Å². The van der Waals surface area contributed by atoms with Gasteiger partial charge in [0.1, 0.15) is 0 Å². The molecule has 0 saturated carbocycles. The largest absolute Gasteiger partial charge is 0.381 e. The van der Waals surface area contributed by atoms with Crippen LogP contribution in [0.4, 0.5) is 0 Å². The van der Waals surface area contributed by atoms with E-state index < -0.39 is 0 Å². The molecule has 2 heterocycles. The van der Waals surface area contributed by atoms with Crippen LogP contribution in [0.5, 0.6) is 0 Å². The summed E-state index contributed by atoms with van der Waals surface area (Å²) in [5.41, 5.74) is 3.87. The Morgan fingerprint density at radius 3 is 2.68 bits per heavy atom. The van der Waals surface area contributed by atoms with Crippen LogP contribution in [0.2, 0.25) is 0 Å². The van der Waals surface area contributed by atoms with Crippen LogP contribution in [0.15, 0.2) is 36.4 Å². The molecule has 0 spiro atoms. The lowest BCUT2D eigenvalue weighted by Gasteiger charge is -2.10. The molecule has 0 unspecified atom stereocenters. The molecule has 0 bridgehead atoms. The molecule has 0 fully saturated rings. The lowest BCUT2D eigenvalue weighted by atomic mass is 10.0. The minimum absolute atomic E-state index is 0.103. The van der Waals surface area contributed by atoms with Gasteiger partial charge in [-0.2, -0.15) is 5.10 Å². The second-order valence-corrected chi connectivity index (χ2v) is 6.90. The van der Waals surface area contributed by atoms with Gasteiger partial charge in [0, 0.05) is 32.4 Å². The molecule has 0 aliphatic heterocycles. The maximum atomic E-state index is 12.9. The maximum Gasteiger partial charge on any atom is 0.252 e. The fourth-order valence-corrected chi connectivity index (χ4v) is 3.20. The van der Waals surface area contributed by atoms with Gasteiger partial charge in [-0.3, -0.25) is 9.48 Å². The predicted octanol–water partition coefficient (Wildman–Crippen LogP) is 3.88. The summed E-state index contributed by atoms with van der Waals surface area (Å²) in [7, 11) is 1.85. The number of carbonyl (C=O) groups is 1. The summed E-state index contributed by atoms with van der Waals surface area (Å²) >= 11 is 0. The van der Waals surface area contributed by atoms with Crippen molar-refractivity contribution in [3.05, 3.63) is 47.7 Å². The minimum Gasteiger partial charge on any atom is -0.381 e. The standard InChI is InChI=1S/C22H28N4O2/c1-4-5-13-28-14-9-12-23-22(27)18-15-19(17-10-7-6-8-11-17)24-21-20(18)16(2)25-26(21)3/h6-8,10-11,15H,4-5,9,12-14H2,1-3H3,(H,23,27). The van der Waals surface area contributed by atoms with Gasteiger partial charge in [0.05, 0.1) is 22.3 Å². The molecule has 0 radical (unpaired) electrons. The van der Waals surface area contributed by atoms with E-state index in [2.05, 4.69) is 17.3 Å². The van der Waals surface area contributed by atoms with Crippen LogP contribution in [-0.2, 0) is 11.8 Å². The van der Waals surface area contributed by atoms with Gasteiger partial charge in [-0.15, -0.1) is 0 Å². The van der Waals surface area contributed by atoms with Crippen molar-refractivity contribution in [3.8, 4) is 11.3 Å². The first kappa shape index (κ1) is 20.0. The van der Waals surface area contributed by atoms with Crippen molar-refractivity contribution in [3.63, 3.8) is 0 Å². The Morgan fingerprint density at radius 1 is 1.18 bits per heavy atom. The monoisotopic (exact) mass is 380 g/mol. The van der Waals surface area contributed by atoms with Gasteiger partial charge in [0.25, 0.3) is 5.91 Å². The number of hydrogen-bond donors (Lipinski definition) is 1. The zero-order valence-electron chi connectivity index (χ0n) is 16.9. The number of carbonyl (C=O) groups excluding carboxylic acids is 1. The SMILES string of the molecule is CCCCOCCCNC(=O)c1cc(-c2ccccc2)nc2c1c(C)nn2C. The number of benzene rings is 1. The quantitative estimate of drug-likeness (QED) is 0.572. The molecule has 6 nitrogen and oxygen atoms in total. The van der Waals surface area contributed by atoms with Crippen molar-refractivity contribution in [2.45, 2.75) is 33.1 Å². The fourth-order valence-electron chi connectivity index (χ4n) is 3.20. The second kappa shape index (κ2) is 9.46. The van der Waals surface area contributed by atoms with E-state index in [-0.39, 0.29) is 5.91 Å². The summed E-state index contributed by atoms with van der Waals surface area (Å²) in [5, 5.41) is 8.28. The zero-order chi connectivity index (χ0) is 19.9. The first-order chi connectivity index (χ1) is 13.6. The number of fused-ring (bicyclic) bond motifs is 1. The Morgan fingerprint density at radius 2 is 1.93 bits per heavy atom. The summed E-state index contributed by atoms with van der Waals surface area (Å²) < 4.78 is 7.29. The number of hydrogen-bond acceptors (Lipinski definition) is 4. The van der Waals surface area contributed by atoms with Gasteiger partial charge < -0.3 is 10.1 Å². The van der Waals surface area contributed by atoms with Gasteiger partial charge in [-0.25, -0.2) is 4.98 Å². The van der Waals surface area contributed by atoms with Gasteiger partial charge in [0.2, 0.25) is 0 Å². The first-order valence-corrected chi connectivity index (χ1v) is 9.87. The highest BCUT2D eigenvalue weighted by molar-refractivity contribution is 6.07. The molecule has 148 valence electrons. The van der Waals surface area contributed by atoms with Crippen molar-refractivity contribution in [2.75, 3.05) is 19.8 Å². The van der Waals surface area contributed by atoms with Crippen LogP contribution < -0.4 is 5.32 Å². The Kier molecular flexibility index (Phi) is 6.76. The van der Waals surface area contributed by atoms with E-state index in [1.165, 1.54) is 0 Å². The number of amides is 1. The summed E-state index contributed by atoms with van der Waals surface area (Å²) in [6.45, 7) is 6.07. The molecule has 0 aliphatic carbocycles. The Hall–Kier alpha value is -2.73. The topological polar surface area (TPSA) is 69.0 Å². The predicted molar refractivity (Wildman–Crippen MR) is 111 cm³/mol. The average molecular weight is 380 g/mol. The first-order valence-electron chi connectivity index (χ1n) is 9.87. The van der Waals surface area contributed by atoms with E-state index in [0.29, 0.717) is 24.4 Å². The Balaban J connectivity index is 1.80. The molecule has 28 heavy (non-hydrogen) atoms. The molecule has 2 aromatic heterocycles. The van der Waals surface area contributed by atoms with Crippen molar-refractivity contribution in [1.29, 1.82) is 0 Å². The minimum atomic E-state index is -0.103. The molecule has 1 N–H and O–H groups in total. The molecule has 0 atom stereocenters. The highest BCUT2D eigenvalue weighted by Gasteiger charge is 2.19. The maximum absolute atomic E-state index is 12.9. The molecule has 1 aromatic carbocycles. The van der Waals surface area contributed by atoms with Crippen LogP contribution in [0, 0.1) is 6.92 Å². The van der Waals surface area contributed by atoms with Crippen LogP contribution >= 0.6 is 0 Å². The zero-order valence-corrected chi connectivity index (χ0v) is 16.9. The molecule has 6 heteroatoms. The van der Waals surface area contributed by atoms with E-state index in [4.69, 9.17) is 9.72 Å². The summed E-state index contributed by atoms with van der Waals surface area (Å²) in [4.78, 5) is 17.7. The number of nitrogens with zero attached hydrogens (tertiary/aromatic N) is 3. The van der Waals surface area contributed by atoms with Gasteiger partial charge in [-0.05, 0) is 25.8 Å². The van der Waals surface area contributed by atoms with E-state index >= 15 is 0 Å². The number of nitrogens with one attached hydrogen (secondary N) is 1. The summed E-state index contributed by atoms with van der Waals surface area (Å²) in [5.74, 6) is -0.103. The molecule has 3 aromatic rings. The lowest BCUT2D eigenvalue weighted by Crippen LogP contribution is -2.25. The normalized spacial score (nSPS) is 11.1. The van der Waals surface area contributed by atoms with E-state index in [1.807, 2.05) is 50.4 Å². The smallest absolute Gasteiger partial charge is 0.252 e. The third-order valence-corrected chi connectivity index (χ3v) is 4.68. The van der Waals surface area contributed by atoms with Crippen LogP contribution in [-0.4, -0.2) is 40.4 Å². The van der Waals surface area contributed by atoms with Crippen LogP contribution in [0.3, 0.4) is 0 Å². The number of aromatic nitrogens is 3. The molecule has 0 saturated heterocycles. The number of rotatable bonds is 9. The highest BCUT2D eigenvalue weighted by Crippen LogP contribution is 2.26. The van der Waals surface area contributed by atoms with E-state index in [1.54, 1.807) is 4.68 Å². The average Bonchev–Trinajstić information content (AvgIpc) is 3.01. The summed E-state index contributed by atoms with van der Waals surface area (Å²) in [6.07, 6.45) is 2.99. The number of ether oxygens (including phenoxy) is 1. The van der Waals surface area contributed by atoms with Crippen molar-refractivity contribution < 1.29 is 9.53 Å².